The Morgan fingerprint density at radius 2 is 1.56 bits per heavy atom. The topological polar surface area (TPSA) is 21.7 Å². The molecule has 0 radical (unpaired) electrons. The van der Waals surface area contributed by atoms with Crippen LogP contribution in [0.5, 0.6) is 0 Å². The van der Waals surface area contributed by atoms with Gasteiger partial charge in [0.1, 0.15) is 0 Å². The van der Waals surface area contributed by atoms with E-state index in [1.54, 1.807) is 14.2 Å². The molecule has 0 aliphatic carbocycles. The van der Waals surface area contributed by atoms with Crippen molar-refractivity contribution in [3.05, 3.63) is 0 Å². The number of alkyl halides is 1. The SMILES string of the molecule is COCCN(CCOC)CCC(C)CCBr. The third-order valence-corrected chi connectivity index (χ3v) is 3.22. The molecule has 1 unspecified atom stereocenters. The zero-order valence-corrected chi connectivity index (χ0v) is 12.5. The Bertz CT molecular complexity index is 139. The number of rotatable bonds is 11. The average molecular weight is 296 g/mol. The number of nitrogens with zero attached hydrogens (tertiary/aromatic N) is 1. The van der Waals surface area contributed by atoms with Crippen LogP contribution in [0, 0.1) is 5.92 Å². The minimum Gasteiger partial charge on any atom is -0.383 e. The van der Waals surface area contributed by atoms with Gasteiger partial charge in [-0.2, -0.15) is 0 Å². The Labute approximate surface area is 109 Å². The summed E-state index contributed by atoms with van der Waals surface area (Å²) in [4.78, 5) is 2.41. The lowest BCUT2D eigenvalue weighted by atomic mass is 10.1. The molecule has 0 bridgehead atoms. The minimum atomic E-state index is 0.784. The first-order valence-electron chi connectivity index (χ1n) is 6.00. The van der Waals surface area contributed by atoms with E-state index in [0.29, 0.717) is 0 Å². The van der Waals surface area contributed by atoms with Gasteiger partial charge in [-0.25, -0.2) is 0 Å². The summed E-state index contributed by atoms with van der Waals surface area (Å²) in [7, 11) is 3.50. The Kier molecular flexibility index (Phi) is 12.1. The smallest absolute Gasteiger partial charge is 0.0589 e. The lowest BCUT2D eigenvalue weighted by Crippen LogP contribution is -2.32. The Morgan fingerprint density at radius 1 is 1.00 bits per heavy atom. The van der Waals surface area contributed by atoms with Crippen molar-refractivity contribution >= 4 is 15.9 Å². The molecule has 3 nitrogen and oxygen atoms in total. The molecule has 0 fully saturated rings. The van der Waals surface area contributed by atoms with Gasteiger partial charge in [-0.05, 0) is 25.3 Å². The van der Waals surface area contributed by atoms with E-state index in [1.807, 2.05) is 0 Å². The molecule has 0 heterocycles. The lowest BCUT2D eigenvalue weighted by Gasteiger charge is -2.23. The van der Waals surface area contributed by atoms with Gasteiger partial charge in [-0.3, -0.25) is 4.90 Å². The molecule has 16 heavy (non-hydrogen) atoms. The first kappa shape index (κ1) is 16.4. The molecule has 0 aromatic rings. The van der Waals surface area contributed by atoms with Gasteiger partial charge in [0.25, 0.3) is 0 Å². The van der Waals surface area contributed by atoms with Crippen LogP contribution in [-0.2, 0) is 9.47 Å². The largest absolute Gasteiger partial charge is 0.383 e. The summed E-state index contributed by atoms with van der Waals surface area (Å²) in [5, 5.41) is 1.10. The van der Waals surface area contributed by atoms with E-state index in [2.05, 4.69) is 27.8 Å². The summed E-state index contributed by atoms with van der Waals surface area (Å²) in [6.45, 7) is 7.06. The van der Waals surface area contributed by atoms with Crippen molar-refractivity contribution in [2.75, 3.05) is 52.4 Å². The quantitative estimate of drug-likeness (QED) is 0.547. The van der Waals surface area contributed by atoms with E-state index in [-0.39, 0.29) is 0 Å². The van der Waals surface area contributed by atoms with Gasteiger partial charge in [0, 0.05) is 32.6 Å². The second kappa shape index (κ2) is 11.8. The lowest BCUT2D eigenvalue weighted by molar-refractivity contribution is 0.110. The number of hydrogen-bond acceptors (Lipinski definition) is 3. The highest BCUT2D eigenvalue weighted by Crippen LogP contribution is 2.10. The van der Waals surface area contributed by atoms with Gasteiger partial charge >= 0.3 is 0 Å². The van der Waals surface area contributed by atoms with Crippen LogP contribution in [0.2, 0.25) is 0 Å². The summed E-state index contributed by atoms with van der Waals surface area (Å²) in [5.41, 5.74) is 0. The van der Waals surface area contributed by atoms with Crippen molar-refractivity contribution in [1.29, 1.82) is 0 Å². The molecule has 0 aliphatic heterocycles. The van der Waals surface area contributed by atoms with Gasteiger partial charge in [0.2, 0.25) is 0 Å². The molecule has 0 aromatic carbocycles. The van der Waals surface area contributed by atoms with Crippen LogP contribution in [0.3, 0.4) is 0 Å². The third-order valence-electron chi connectivity index (χ3n) is 2.76. The highest BCUT2D eigenvalue weighted by molar-refractivity contribution is 9.09. The third kappa shape index (κ3) is 9.58. The first-order valence-corrected chi connectivity index (χ1v) is 7.13. The second-order valence-corrected chi connectivity index (χ2v) is 4.99. The Balaban J connectivity index is 3.71. The van der Waals surface area contributed by atoms with Gasteiger partial charge in [-0.1, -0.05) is 22.9 Å². The maximum absolute atomic E-state index is 5.12. The van der Waals surface area contributed by atoms with Crippen LogP contribution < -0.4 is 0 Å². The van der Waals surface area contributed by atoms with Gasteiger partial charge < -0.3 is 9.47 Å². The highest BCUT2D eigenvalue weighted by atomic mass is 79.9. The molecule has 1 atom stereocenters. The van der Waals surface area contributed by atoms with Crippen LogP contribution in [-0.4, -0.2) is 57.3 Å². The molecule has 0 saturated heterocycles. The normalized spacial score (nSPS) is 13.3. The molecule has 0 amide bonds. The highest BCUT2D eigenvalue weighted by Gasteiger charge is 2.07. The first-order chi connectivity index (χ1) is 7.74. The summed E-state index contributed by atoms with van der Waals surface area (Å²) in [6.07, 6.45) is 2.50. The van der Waals surface area contributed by atoms with Crippen molar-refractivity contribution < 1.29 is 9.47 Å². The number of ether oxygens (including phenoxy) is 2. The molecule has 0 aliphatic rings. The van der Waals surface area contributed by atoms with Crippen LogP contribution >= 0.6 is 15.9 Å². The Hall–Kier alpha value is 0.360. The van der Waals surface area contributed by atoms with Crippen molar-refractivity contribution in [3.63, 3.8) is 0 Å². The number of halogens is 1. The molecule has 0 aromatic heterocycles. The number of hydrogen-bond donors (Lipinski definition) is 0. The van der Waals surface area contributed by atoms with E-state index < -0.39 is 0 Å². The Morgan fingerprint density at radius 3 is 2.00 bits per heavy atom. The zero-order chi connectivity index (χ0) is 12.2. The van der Waals surface area contributed by atoms with Crippen LogP contribution in [0.4, 0.5) is 0 Å². The summed E-state index contributed by atoms with van der Waals surface area (Å²) in [6, 6.07) is 0. The number of methoxy groups -OCH3 is 2. The van der Waals surface area contributed by atoms with Gasteiger partial charge in [0.15, 0.2) is 0 Å². The van der Waals surface area contributed by atoms with E-state index in [1.165, 1.54) is 12.8 Å². The van der Waals surface area contributed by atoms with Crippen LogP contribution in [0.25, 0.3) is 0 Å². The predicted octanol–water partition coefficient (Wildman–Crippen LogP) is 2.39. The summed E-state index contributed by atoms with van der Waals surface area (Å²) >= 11 is 3.49. The van der Waals surface area contributed by atoms with Crippen LogP contribution in [0.15, 0.2) is 0 Å². The van der Waals surface area contributed by atoms with Crippen molar-refractivity contribution in [2.24, 2.45) is 5.92 Å². The van der Waals surface area contributed by atoms with Crippen molar-refractivity contribution in [1.82, 2.24) is 4.90 Å². The monoisotopic (exact) mass is 295 g/mol. The van der Waals surface area contributed by atoms with E-state index in [0.717, 1.165) is 44.1 Å². The minimum absolute atomic E-state index is 0.784. The standard InChI is InChI=1S/C12H26BrNO2/c1-12(4-6-13)5-7-14(8-10-15-2)9-11-16-3/h12H,4-11H2,1-3H3. The maximum atomic E-state index is 5.12. The van der Waals surface area contributed by atoms with E-state index >= 15 is 0 Å². The fourth-order valence-corrected chi connectivity index (χ4v) is 2.29. The molecule has 0 rings (SSSR count). The maximum Gasteiger partial charge on any atom is 0.0589 e. The van der Waals surface area contributed by atoms with Crippen molar-refractivity contribution in [2.45, 2.75) is 19.8 Å². The van der Waals surface area contributed by atoms with Crippen molar-refractivity contribution in [3.8, 4) is 0 Å². The molecular weight excluding hydrogens is 270 g/mol. The fraction of sp³-hybridized carbons (Fsp3) is 1.00. The molecule has 0 spiro atoms. The van der Waals surface area contributed by atoms with E-state index in [9.17, 15) is 0 Å². The molecule has 98 valence electrons. The molecule has 0 saturated carbocycles. The molecule has 4 heteroatoms. The average Bonchev–Trinajstić information content (AvgIpc) is 2.28. The van der Waals surface area contributed by atoms with Gasteiger partial charge in [-0.15, -0.1) is 0 Å². The zero-order valence-electron chi connectivity index (χ0n) is 10.9. The predicted molar refractivity (Wildman–Crippen MR) is 72.4 cm³/mol. The van der Waals surface area contributed by atoms with Crippen LogP contribution in [0.1, 0.15) is 19.8 Å². The fourth-order valence-electron chi connectivity index (χ4n) is 1.51. The molecular formula is C12H26BrNO2. The summed E-state index contributed by atoms with van der Waals surface area (Å²) in [5.74, 6) is 0.784. The summed E-state index contributed by atoms with van der Waals surface area (Å²) < 4.78 is 10.2. The second-order valence-electron chi connectivity index (χ2n) is 4.20. The van der Waals surface area contributed by atoms with Gasteiger partial charge in [0.05, 0.1) is 13.2 Å². The molecule has 0 N–H and O–H groups in total. The van der Waals surface area contributed by atoms with E-state index in [4.69, 9.17) is 9.47 Å².